The van der Waals surface area contributed by atoms with E-state index in [2.05, 4.69) is 19.9 Å². The van der Waals surface area contributed by atoms with Gasteiger partial charge in [0.15, 0.2) is 11.9 Å². The van der Waals surface area contributed by atoms with E-state index in [1.165, 1.54) is 6.20 Å². The Bertz CT molecular complexity index is 1330. The van der Waals surface area contributed by atoms with Crippen LogP contribution in [0.25, 0.3) is 22.1 Å². The van der Waals surface area contributed by atoms with Crippen LogP contribution in [0.4, 0.5) is 5.82 Å². The quantitative estimate of drug-likeness (QED) is 0.371. The maximum atomic E-state index is 12.1. The molecule has 0 amide bonds. The average molecular weight is 438 g/mol. The first-order valence-electron chi connectivity index (χ1n) is 10.3. The van der Waals surface area contributed by atoms with Gasteiger partial charge < -0.3 is 25.6 Å². The predicted molar refractivity (Wildman–Crippen MR) is 116 cm³/mol. The number of hydrogen-bond acceptors (Lipinski definition) is 7. The standard InChI is InChI=1S/C21H20ClN7O2/c1-2-13-17(22)16-19(25-13)26-21(27-20(16)28-8-11-12(9-28)18(11)23)31-10-6-15-14(24-7-10)4-3-5-29(15)30/h3-7,11-12,18H,2,8-9,23H2,1H3,(H,25,26,27)/t11-,12+,18?. The Hall–Kier alpha value is -3.17. The smallest absolute Gasteiger partial charge is 0.326 e. The number of H-pyrrole nitrogens is 1. The van der Waals surface area contributed by atoms with Crippen molar-refractivity contribution in [2.45, 2.75) is 19.4 Å². The molecule has 1 saturated carbocycles. The maximum Gasteiger partial charge on any atom is 0.326 e. The van der Waals surface area contributed by atoms with Crippen LogP contribution in [0.3, 0.4) is 0 Å². The second-order valence-corrected chi connectivity index (χ2v) is 8.52. The van der Waals surface area contributed by atoms with Crippen molar-refractivity contribution in [2.75, 3.05) is 18.0 Å². The molecule has 3 N–H and O–H groups in total. The van der Waals surface area contributed by atoms with Gasteiger partial charge in [-0.15, -0.1) is 0 Å². The van der Waals surface area contributed by atoms with Crippen molar-refractivity contribution in [1.82, 2.24) is 19.9 Å². The highest BCUT2D eigenvalue weighted by atomic mass is 35.5. The number of nitrogens with one attached hydrogen (secondary N) is 1. The van der Waals surface area contributed by atoms with Crippen LogP contribution >= 0.6 is 11.6 Å². The predicted octanol–water partition coefficient (Wildman–Crippen LogP) is 2.54. The van der Waals surface area contributed by atoms with E-state index in [1.807, 2.05) is 6.92 Å². The molecule has 158 valence electrons. The van der Waals surface area contributed by atoms with Gasteiger partial charge in [-0.3, -0.25) is 0 Å². The molecule has 0 spiro atoms. The van der Waals surface area contributed by atoms with Gasteiger partial charge in [-0.25, -0.2) is 4.98 Å². The molecular weight excluding hydrogens is 418 g/mol. The highest BCUT2D eigenvalue weighted by molar-refractivity contribution is 6.37. The van der Waals surface area contributed by atoms with E-state index in [-0.39, 0.29) is 12.1 Å². The van der Waals surface area contributed by atoms with Crippen molar-refractivity contribution in [1.29, 1.82) is 0 Å². The lowest BCUT2D eigenvalue weighted by atomic mass is 10.2. The number of aromatic nitrogens is 5. The van der Waals surface area contributed by atoms with Crippen molar-refractivity contribution >= 4 is 39.5 Å². The SMILES string of the molecule is CCc1[nH]c2nc(Oc3cnc4ccc[n+]([O-])c4c3)nc(N3C[C@@H]4C(N)[C@@H]4C3)c2c1Cl. The Morgan fingerprint density at radius 2 is 2.16 bits per heavy atom. The number of anilines is 1. The number of halogens is 1. The van der Waals surface area contributed by atoms with Crippen LogP contribution in [0.5, 0.6) is 11.8 Å². The van der Waals surface area contributed by atoms with Crippen molar-refractivity contribution in [2.24, 2.45) is 17.6 Å². The van der Waals surface area contributed by atoms with Gasteiger partial charge in [-0.2, -0.15) is 14.7 Å². The summed E-state index contributed by atoms with van der Waals surface area (Å²) in [4.78, 5) is 19.0. The molecule has 1 aliphatic heterocycles. The highest BCUT2D eigenvalue weighted by Crippen LogP contribution is 2.47. The highest BCUT2D eigenvalue weighted by Gasteiger charge is 2.54. The number of rotatable bonds is 4. The van der Waals surface area contributed by atoms with E-state index >= 15 is 0 Å². The van der Waals surface area contributed by atoms with Crippen LogP contribution in [0.1, 0.15) is 12.6 Å². The Kier molecular flexibility index (Phi) is 4.00. The fourth-order valence-electron chi connectivity index (χ4n) is 4.54. The normalized spacial score (nSPS) is 22.3. The monoisotopic (exact) mass is 437 g/mol. The van der Waals surface area contributed by atoms with Crippen LogP contribution < -0.4 is 20.1 Å². The molecular formula is C21H20ClN7O2. The number of aromatic amines is 1. The number of nitrogens with zero attached hydrogens (tertiary/aromatic N) is 5. The molecule has 0 radical (unpaired) electrons. The van der Waals surface area contributed by atoms with E-state index < -0.39 is 0 Å². The van der Waals surface area contributed by atoms with Crippen LogP contribution in [-0.4, -0.2) is 39.1 Å². The van der Waals surface area contributed by atoms with Gasteiger partial charge in [0.1, 0.15) is 17.0 Å². The second-order valence-electron chi connectivity index (χ2n) is 8.15. The fourth-order valence-corrected chi connectivity index (χ4v) is 4.89. The Morgan fingerprint density at radius 3 is 2.94 bits per heavy atom. The largest absolute Gasteiger partial charge is 0.618 e. The number of fused-ring (bicyclic) bond motifs is 3. The Balaban J connectivity index is 1.43. The van der Waals surface area contributed by atoms with Crippen molar-refractivity contribution < 1.29 is 9.47 Å². The zero-order chi connectivity index (χ0) is 21.3. The number of aryl methyl sites for hydroxylation is 1. The summed E-state index contributed by atoms with van der Waals surface area (Å²) in [5, 5.41) is 13.5. The zero-order valence-corrected chi connectivity index (χ0v) is 17.5. The minimum atomic E-state index is 0.169. The summed E-state index contributed by atoms with van der Waals surface area (Å²) >= 11 is 6.66. The number of hydrogen-bond donors (Lipinski definition) is 2. The molecule has 0 aromatic carbocycles. The average Bonchev–Trinajstić information content (AvgIpc) is 3.09. The molecule has 1 aliphatic carbocycles. The van der Waals surface area contributed by atoms with Crippen LogP contribution in [0.2, 0.25) is 5.02 Å². The molecule has 6 rings (SSSR count). The summed E-state index contributed by atoms with van der Waals surface area (Å²) in [6.45, 7) is 3.71. The fraction of sp³-hybridized carbons (Fsp3) is 0.333. The number of nitrogens with two attached hydrogens (primary N) is 1. The lowest BCUT2D eigenvalue weighted by Gasteiger charge is -2.21. The summed E-state index contributed by atoms with van der Waals surface area (Å²) in [7, 11) is 0. The Labute approximate surface area is 182 Å². The summed E-state index contributed by atoms with van der Waals surface area (Å²) < 4.78 is 6.69. The molecule has 31 heavy (non-hydrogen) atoms. The summed E-state index contributed by atoms with van der Waals surface area (Å²) in [6.07, 6.45) is 3.73. The van der Waals surface area contributed by atoms with Gasteiger partial charge in [0.05, 0.1) is 22.7 Å². The molecule has 9 nitrogen and oxygen atoms in total. The van der Waals surface area contributed by atoms with E-state index in [4.69, 9.17) is 27.1 Å². The molecule has 2 fully saturated rings. The molecule has 0 bridgehead atoms. The van der Waals surface area contributed by atoms with Crippen molar-refractivity contribution in [3.05, 3.63) is 46.5 Å². The summed E-state index contributed by atoms with van der Waals surface area (Å²) in [6, 6.07) is 5.50. The van der Waals surface area contributed by atoms with Crippen molar-refractivity contribution in [3.63, 3.8) is 0 Å². The molecule has 3 atom stereocenters. The lowest BCUT2D eigenvalue weighted by molar-refractivity contribution is -0.577. The first kappa shape index (κ1) is 18.6. The van der Waals surface area contributed by atoms with Crippen LogP contribution in [0, 0.1) is 17.0 Å². The van der Waals surface area contributed by atoms with Gasteiger partial charge in [-0.1, -0.05) is 18.5 Å². The van der Waals surface area contributed by atoms with Gasteiger partial charge in [-0.05, 0) is 24.3 Å². The van der Waals surface area contributed by atoms with E-state index in [9.17, 15) is 5.21 Å². The number of ether oxygens (including phenoxy) is 1. The van der Waals surface area contributed by atoms with Gasteiger partial charge in [0.25, 0.3) is 0 Å². The first-order chi connectivity index (χ1) is 15.0. The number of piperidine rings is 1. The third kappa shape index (κ3) is 2.88. The van der Waals surface area contributed by atoms with Gasteiger partial charge in [0.2, 0.25) is 5.52 Å². The van der Waals surface area contributed by atoms with Gasteiger partial charge in [0, 0.05) is 30.9 Å². The minimum absolute atomic E-state index is 0.169. The molecule has 4 aromatic heterocycles. The third-order valence-electron chi connectivity index (χ3n) is 6.33. The molecule has 1 saturated heterocycles. The topological polar surface area (TPSA) is 120 Å². The summed E-state index contributed by atoms with van der Waals surface area (Å²) in [5.41, 5.74) is 8.64. The molecule has 10 heteroatoms. The first-order valence-corrected chi connectivity index (χ1v) is 10.7. The molecule has 5 heterocycles. The maximum absolute atomic E-state index is 12.1. The van der Waals surface area contributed by atoms with Gasteiger partial charge >= 0.3 is 6.01 Å². The third-order valence-corrected chi connectivity index (χ3v) is 6.75. The molecule has 2 aliphatic rings. The van der Waals surface area contributed by atoms with Crippen LogP contribution in [-0.2, 0) is 6.42 Å². The molecule has 4 aromatic rings. The summed E-state index contributed by atoms with van der Waals surface area (Å²) in [5.74, 6) is 2.12. The van der Waals surface area contributed by atoms with E-state index in [0.29, 0.717) is 39.3 Å². The van der Waals surface area contributed by atoms with E-state index in [0.717, 1.165) is 41.1 Å². The second kappa shape index (κ2) is 6.66. The molecule has 1 unspecified atom stereocenters. The van der Waals surface area contributed by atoms with E-state index in [1.54, 1.807) is 24.4 Å². The zero-order valence-electron chi connectivity index (χ0n) is 16.7. The van der Waals surface area contributed by atoms with Crippen LogP contribution in [0.15, 0.2) is 30.6 Å². The lowest BCUT2D eigenvalue weighted by Crippen LogP contribution is -2.29. The van der Waals surface area contributed by atoms with Crippen molar-refractivity contribution in [3.8, 4) is 11.8 Å². The Morgan fingerprint density at radius 1 is 1.35 bits per heavy atom. The number of pyridine rings is 2. The minimum Gasteiger partial charge on any atom is -0.618 e.